The predicted octanol–water partition coefficient (Wildman–Crippen LogP) is 4.06. The summed E-state index contributed by atoms with van der Waals surface area (Å²) in [5, 5.41) is 1.31. The van der Waals surface area contributed by atoms with Gasteiger partial charge in [-0.05, 0) is 51.1 Å². The largest absolute Gasteiger partial charge is 0.497 e. The van der Waals surface area contributed by atoms with Crippen molar-refractivity contribution in [2.24, 2.45) is 0 Å². The van der Waals surface area contributed by atoms with Gasteiger partial charge in [-0.1, -0.05) is 19.3 Å². The molecule has 1 fully saturated rings. The quantitative estimate of drug-likeness (QED) is 0.766. The van der Waals surface area contributed by atoms with E-state index in [2.05, 4.69) is 41.9 Å². The Bertz CT molecular complexity index is 657. The van der Waals surface area contributed by atoms with Crippen molar-refractivity contribution in [3.8, 4) is 5.75 Å². The van der Waals surface area contributed by atoms with Gasteiger partial charge in [0.05, 0.1) is 18.7 Å². The van der Waals surface area contributed by atoms with Crippen LogP contribution in [-0.4, -0.2) is 43.3 Å². The molecule has 1 saturated carbocycles. The van der Waals surface area contributed by atoms with Crippen LogP contribution in [0.25, 0.3) is 10.9 Å². The fourth-order valence-corrected chi connectivity index (χ4v) is 3.54. The Morgan fingerprint density at radius 3 is 2.67 bits per heavy atom. The second kappa shape index (κ2) is 8.04. The maximum Gasteiger partial charge on any atom is 0.123 e. The zero-order chi connectivity index (χ0) is 16.9. The van der Waals surface area contributed by atoms with Crippen LogP contribution < -0.4 is 4.74 Å². The average molecular weight is 330 g/mol. The second-order valence-corrected chi connectivity index (χ2v) is 7.12. The molecule has 3 rings (SSSR count). The van der Waals surface area contributed by atoms with Crippen molar-refractivity contribution in [3.05, 3.63) is 30.0 Å². The van der Waals surface area contributed by atoms with Crippen molar-refractivity contribution in [1.29, 1.82) is 0 Å². The normalized spacial score (nSPS) is 16.2. The van der Waals surface area contributed by atoms with Crippen molar-refractivity contribution >= 4 is 10.9 Å². The van der Waals surface area contributed by atoms with Crippen molar-refractivity contribution in [3.63, 3.8) is 0 Å². The standard InChI is InChI=1S/C20H30N2O2/c1-21(2)12-11-16-14-22(15-24-17-7-5-4-6-8-17)20-13-18(23-3)9-10-19(16)20/h9-10,13-14,17H,4-8,11-12,15H2,1-3H3. The Balaban J connectivity index is 1.81. The van der Waals surface area contributed by atoms with E-state index in [0.717, 1.165) is 18.7 Å². The molecular weight excluding hydrogens is 300 g/mol. The highest BCUT2D eigenvalue weighted by Crippen LogP contribution is 2.27. The molecule has 24 heavy (non-hydrogen) atoms. The molecule has 0 atom stereocenters. The van der Waals surface area contributed by atoms with Crippen LogP contribution in [0.3, 0.4) is 0 Å². The predicted molar refractivity (Wildman–Crippen MR) is 98.7 cm³/mol. The highest BCUT2D eigenvalue weighted by atomic mass is 16.5. The van der Waals surface area contributed by atoms with E-state index in [-0.39, 0.29) is 0 Å². The number of aromatic nitrogens is 1. The van der Waals surface area contributed by atoms with Crippen LogP contribution in [0.5, 0.6) is 5.75 Å². The van der Waals surface area contributed by atoms with Crippen LogP contribution in [0.2, 0.25) is 0 Å². The Morgan fingerprint density at radius 1 is 1.17 bits per heavy atom. The van der Waals surface area contributed by atoms with Crippen LogP contribution >= 0.6 is 0 Å². The number of likely N-dealkylation sites (N-methyl/N-ethyl adjacent to an activating group) is 1. The number of rotatable bonds is 7. The molecule has 0 aliphatic heterocycles. The van der Waals surface area contributed by atoms with Gasteiger partial charge in [0, 0.05) is 24.2 Å². The molecule has 1 aliphatic rings. The Hall–Kier alpha value is -1.52. The van der Waals surface area contributed by atoms with Crippen LogP contribution in [0.1, 0.15) is 37.7 Å². The van der Waals surface area contributed by atoms with Gasteiger partial charge < -0.3 is 18.9 Å². The molecule has 2 aromatic rings. The number of nitrogens with zero attached hydrogens (tertiary/aromatic N) is 2. The van der Waals surface area contributed by atoms with E-state index in [1.807, 2.05) is 6.07 Å². The summed E-state index contributed by atoms with van der Waals surface area (Å²) in [5.74, 6) is 0.902. The summed E-state index contributed by atoms with van der Waals surface area (Å²) in [5.41, 5.74) is 2.59. The second-order valence-electron chi connectivity index (χ2n) is 7.12. The summed E-state index contributed by atoms with van der Waals surface area (Å²) < 4.78 is 13.9. The molecule has 4 heteroatoms. The van der Waals surface area contributed by atoms with E-state index in [9.17, 15) is 0 Å². The van der Waals surface area contributed by atoms with Gasteiger partial charge in [-0.15, -0.1) is 0 Å². The van der Waals surface area contributed by atoms with Gasteiger partial charge in [0.2, 0.25) is 0 Å². The third-order valence-corrected chi connectivity index (χ3v) is 5.00. The van der Waals surface area contributed by atoms with Gasteiger partial charge in [0.1, 0.15) is 12.5 Å². The maximum absolute atomic E-state index is 6.20. The number of benzene rings is 1. The minimum absolute atomic E-state index is 0.423. The summed E-state index contributed by atoms with van der Waals surface area (Å²) >= 11 is 0. The molecular formula is C20H30N2O2. The van der Waals surface area contributed by atoms with E-state index >= 15 is 0 Å². The van der Waals surface area contributed by atoms with Crippen LogP contribution in [0.15, 0.2) is 24.4 Å². The summed E-state index contributed by atoms with van der Waals surface area (Å²) in [6.07, 6.45) is 10.1. The molecule has 0 bridgehead atoms. The van der Waals surface area contributed by atoms with E-state index in [1.165, 1.54) is 48.6 Å². The third-order valence-electron chi connectivity index (χ3n) is 5.00. The molecule has 1 aromatic heterocycles. The monoisotopic (exact) mass is 330 g/mol. The molecule has 1 aromatic carbocycles. The Kier molecular flexibility index (Phi) is 5.80. The van der Waals surface area contributed by atoms with Gasteiger partial charge in [-0.3, -0.25) is 0 Å². The molecule has 132 valence electrons. The van der Waals surface area contributed by atoms with Crippen LogP contribution in [0.4, 0.5) is 0 Å². The van der Waals surface area contributed by atoms with Gasteiger partial charge >= 0.3 is 0 Å². The molecule has 0 radical (unpaired) electrons. The van der Waals surface area contributed by atoms with Crippen molar-refractivity contribution in [2.45, 2.75) is 51.4 Å². The number of hydrogen-bond donors (Lipinski definition) is 0. The minimum atomic E-state index is 0.423. The average Bonchev–Trinajstić information content (AvgIpc) is 2.96. The van der Waals surface area contributed by atoms with E-state index in [0.29, 0.717) is 12.8 Å². The van der Waals surface area contributed by atoms with E-state index < -0.39 is 0 Å². The van der Waals surface area contributed by atoms with Gasteiger partial charge in [-0.25, -0.2) is 0 Å². The summed E-state index contributed by atoms with van der Waals surface area (Å²) in [6, 6.07) is 6.35. The lowest BCUT2D eigenvalue weighted by atomic mass is 9.98. The minimum Gasteiger partial charge on any atom is -0.497 e. The molecule has 0 unspecified atom stereocenters. The number of hydrogen-bond acceptors (Lipinski definition) is 3. The fraction of sp³-hybridized carbons (Fsp3) is 0.600. The first kappa shape index (κ1) is 17.3. The Morgan fingerprint density at radius 2 is 1.96 bits per heavy atom. The SMILES string of the molecule is COc1ccc2c(CCN(C)C)cn(COC3CCCCC3)c2c1. The summed E-state index contributed by atoms with van der Waals surface area (Å²) in [7, 11) is 5.96. The number of methoxy groups -OCH3 is 1. The first-order chi connectivity index (χ1) is 11.7. The summed E-state index contributed by atoms with van der Waals surface area (Å²) in [4.78, 5) is 2.23. The molecule has 0 saturated heterocycles. The van der Waals surface area contributed by atoms with Gasteiger partial charge in [0.15, 0.2) is 0 Å². The molecule has 1 aliphatic carbocycles. The van der Waals surface area contributed by atoms with Crippen LogP contribution in [-0.2, 0) is 17.9 Å². The lowest BCUT2D eigenvalue weighted by Gasteiger charge is -2.22. The molecule has 4 nitrogen and oxygen atoms in total. The topological polar surface area (TPSA) is 26.6 Å². The smallest absolute Gasteiger partial charge is 0.123 e. The van der Waals surface area contributed by atoms with E-state index in [4.69, 9.17) is 9.47 Å². The highest BCUT2D eigenvalue weighted by Gasteiger charge is 2.15. The Labute approximate surface area is 145 Å². The van der Waals surface area contributed by atoms with Crippen LogP contribution in [0, 0.1) is 0 Å². The molecule has 0 N–H and O–H groups in total. The number of ether oxygens (including phenoxy) is 2. The van der Waals surface area contributed by atoms with Gasteiger partial charge in [-0.2, -0.15) is 0 Å². The molecule has 1 heterocycles. The van der Waals surface area contributed by atoms with Crippen molar-refractivity contribution < 1.29 is 9.47 Å². The zero-order valence-corrected chi connectivity index (χ0v) is 15.3. The van der Waals surface area contributed by atoms with Crippen molar-refractivity contribution in [1.82, 2.24) is 9.47 Å². The highest BCUT2D eigenvalue weighted by molar-refractivity contribution is 5.85. The molecule has 0 amide bonds. The first-order valence-corrected chi connectivity index (χ1v) is 9.09. The summed E-state index contributed by atoms with van der Waals surface area (Å²) in [6.45, 7) is 1.69. The number of fused-ring (bicyclic) bond motifs is 1. The zero-order valence-electron chi connectivity index (χ0n) is 15.3. The first-order valence-electron chi connectivity index (χ1n) is 9.09. The maximum atomic E-state index is 6.20. The van der Waals surface area contributed by atoms with Gasteiger partial charge in [0.25, 0.3) is 0 Å². The lowest BCUT2D eigenvalue weighted by molar-refractivity contribution is -0.0108. The lowest BCUT2D eigenvalue weighted by Crippen LogP contribution is -2.18. The van der Waals surface area contributed by atoms with E-state index in [1.54, 1.807) is 7.11 Å². The van der Waals surface area contributed by atoms with Crippen molar-refractivity contribution in [2.75, 3.05) is 27.7 Å². The third kappa shape index (κ3) is 4.11. The molecule has 0 spiro atoms. The fourth-order valence-electron chi connectivity index (χ4n) is 3.54.